The van der Waals surface area contributed by atoms with Gasteiger partial charge in [-0.1, -0.05) is 35.9 Å². The van der Waals surface area contributed by atoms with Crippen molar-refractivity contribution in [1.82, 2.24) is 0 Å². The van der Waals surface area contributed by atoms with Crippen LogP contribution in [0.5, 0.6) is 5.75 Å². The van der Waals surface area contributed by atoms with Crippen molar-refractivity contribution in [2.75, 3.05) is 0 Å². The molecule has 0 atom stereocenters. The largest absolute Gasteiger partial charge is 0.488 e. The maximum atomic E-state index is 11.5. The van der Waals surface area contributed by atoms with Crippen molar-refractivity contribution in [3.05, 3.63) is 64.2 Å². The molecule has 0 amide bonds. The summed E-state index contributed by atoms with van der Waals surface area (Å²) in [5, 5.41) is 0.560. The van der Waals surface area contributed by atoms with Crippen LogP contribution in [0.4, 0.5) is 0 Å². The Balaban J connectivity index is 2.22. The van der Waals surface area contributed by atoms with E-state index in [9.17, 15) is 4.79 Å². The zero-order valence-corrected chi connectivity index (χ0v) is 11.7. The maximum absolute atomic E-state index is 11.5. The number of carbonyl (C=O) groups excluding carboxylic acids is 1. The molecule has 3 heteroatoms. The standard InChI is InChI=1S/C16H15ClO2/c1-11-5-3-4-6-13(11)10-19-16-9-14(17)7-8-15(16)12(2)18/h3-9H,10H2,1-2H3. The maximum Gasteiger partial charge on any atom is 0.163 e. The van der Waals surface area contributed by atoms with Crippen molar-refractivity contribution >= 4 is 17.4 Å². The van der Waals surface area contributed by atoms with Gasteiger partial charge in [-0.15, -0.1) is 0 Å². The van der Waals surface area contributed by atoms with Crippen LogP contribution >= 0.6 is 11.6 Å². The Hall–Kier alpha value is -1.80. The van der Waals surface area contributed by atoms with Gasteiger partial charge in [0.2, 0.25) is 0 Å². The molecule has 0 fully saturated rings. The third-order valence-corrected chi connectivity index (χ3v) is 3.20. The van der Waals surface area contributed by atoms with Crippen LogP contribution in [0.3, 0.4) is 0 Å². The van der Waals surface area contributed by atoms with E-state index in [2.05, 4.69) is 0 Å². The quantitative estimate of drug-likeness (QED) is 0.771. The molecular formula is C16H15ClO2. The third kappa shape index (κ3) is 3.36. The molecule has 0 spiro atoms. The van der Waals surface area contributed by atoms with Gasteiger partial charge in [-0.2, -0.15) is 0 Å². The molecule has 2 aromatic carbocycles. The summed E-state index contributed by atoms with van der Waals surface area (Å²) in [4.78, 5) is 11.5. The number of Topliss-reactive ketones (excluding diaryl/α,β-unsaturated/α-hetero) is 1. The average Bonchev–Trinajstić information content (AvgIpc) is 2.37. The lowest BCUT2D eigenvalue weighted by molar-refractivity contribution is 0.101. The first-order valence-corrected chi connectivity index (χ1v) is 6.43. The minimum absolute atomic E-state index is 0.0311. The second kappa shape index (κ2) is 5.89. The van der Waals surface area contributed by atoms with E-state index in [0.29, 0.717) is 22.9 Å². The van der Waals surface area contributed by atoms with Gasteiger partial charge in [-0.25, -0.2) is 0 Å². The Morgan fingerprint density at radius 1 is 1.21 bits per heavy atom. The number of halogens is 1. The first kappa shape index (κ1) is 13.6. The smallest absolute Gasteiger partial charge is 0.163 e. The predicted molar refractivity (Wildman–Crippen MR) is 77.0 cm³/mol. The highest BCUT2D eigenvalue weighted by Gasteiger charge is 2.09. The van der Waals surface area contributed by atoms with Gasteiger partial charge in [0, 0.05) is 5.02 Å². The van der Waals surface area contributed by atoms with Crippen LogP contribution in [0.2, 0.25) is 5.02 Å². The first-order chi connectivity index (χ1) is 9.08. The summed E-state index contributed by atoms with van der Waals surface area (Å²) in [5.74, 6) is 0.500. The summed E-state index contributed by atoms with van der Waals surface area (Å²) in [6.07, 6.45) is 0. The van der Waals surface area contributed by atoms with E-state index in [0.717, 1.165) is 11.1 Å². The highest BCUT2D eigenvalue weighted by Crippen LogP contribution is 2.25. The highest BCUT2D eigenvalue weighted by molar-refractivity contribution is 6.30. The van der Waals surface area contributed by atoms with Gasteiger partial charge < -0.3 is 4.74 Å². The fraction of sp³-hybridized carbons (Fsp3) is 0.188. The molecule has 2 nitrogen and oxygen atoms in total. The molecule has 0 aliphatic rings. The minimum Gasteiger partial charge on any atom is -0.488 e. The molecule has 98 valence electrons. The Kier molecular flexibility index (Phi) is 4.23. The molecular weight excluding hydrogens is 260 g/mol. The Bertz CT molecular complexity index is 605. The fourth-order valence-corrected chi connectivity index (χ4v) is 2.00. The second-order valence-electron chi connectivity index (χ2n) is 4.41. The van der Waals surface area contributed by atoms with Crippen LogP contribution in [0, 0.1) is 6.92 Å². The molecule has 0 radical (unpaired) electrons. The second-order valence-corrected chi connectivity index (χ2v) is 4.85. The Morgan fingerprint density at radius 3 is 2.63 bits per heavy atom. The summed E-state index contributed by atoms with van der Waals surface area (Å²) >= 11 is 5.94. The monoisotopic (exact) mass is 274 g/mol. The van der Waals surface area contributed by atoms with E-state index in [-0.39, 0.29) is 5.78 Å². The number of hydrogen-bond acceptors (Lipinski definition) is 2. The number of ether oxygens (including phenoxy) is 1. The molecule has 0 aromatic heterocycles. The highest BCUT2D eigenvalue weighted by atomic mass is 35.5. The molecule has 0 aliphatic carbocycles. The zero-order chi connectivity index (χ0) is 13.8. The van der Waals surface area contributed by atoms with Crippen LogP contribution in [-0.2, 0) is 6.61 Å². The van der Waals surface area contributed by atoms with Gasteiger partial charge >= 0.3 is 0 Å². The first-order valence-electron chi connectivity index (χ1n) is 6.05. The van der Waals surface area contributed by atoms with E-state index in [1.165, 1.54) is 6.92 Å². The molecule has 0 N–H and O–H groups in total. The van der Waals surface area contributed by atoms with Crippen molar-refractivity contribution in [3.63, 3.8) is 0 Å². The molecule has 0 heterocycles. The summed E-state index contributed by atoms with van der Waals surface area (Å²) in [5.41, 5.74) is 2.81. The predicted octanol–water partition coefficient (Wildman–Crippen LogP) is 4.43. The molecule has 0 saturated heterocycles. The summed E-state index contributed by atoms with van der Waals surface area (Å²) in [6.45, 7) is 3.97. The van der Waals surface area contributed by atoms with Gasteiger partial charge in [0.15, 0.2) is 5.78 Å². The van der Waals surface area contributed by atoms with Crippen molar-refractivity contribution in [2.24, 2.45) is 0 Å². The van der Waals surface area contributed by atoms with E-state index in [1.807, 2.05) is 31.2 Å². The van der Waals surface area contributed by atoms with Crippen LogP contribution in [0.1, 0.15) is 28.4 Å². The van der Waals surface area contributed by atoms with Crippen molar-refractivity contribution in [1.29, 1.82) is 0 Å². The lowest BCUT2D eigenvalue weighted by atomic mass is 10.1. The summed E-state index contributed by atoms with van der Waals surface area (Å²) in [7, 11) is 0. The molecule has 0 aliphatic heterocycles. The van der Waals surface area contributed by atoms with E-state index in [4.69, 9.17) is 16.3 Å². The molecule has 0 saturated carbocycles. The van der Waals surface area contributed by atoms with Crippen molar-refractivity contribution < 1.29 is 9.53 Å². The molecule has 0 unspecified atom stereocenters. The van der Waals surface area contributed by atoms with E-state index in [1.54, 1.807) is 18.2 Å². The molecule has 2 aromatic rings. The minimum atomic E-state index is -0.0311. The molecule has 2 rings (SSSR count). The normalized spacial score (nSPS) is 10.3. The lowest BCUT2D eigenvalue weighted by Crippen LogP contribution is -2.02. The molecule has 0 bridgehead atoms. The van der Waals surface area contributed by atoms with E-state index >= 15 is 0 Å². The fourth-order valence-electron chi connectivity index (χ4n) is 1.83. The third-order valence-electron chi connectivity index (χ3n) is 2.97. The summed E-state index contributed by atoms with van der Waals surface area (Å²) < 4.78 is 5.74. The number of hydrogen-bond donors (Lipinski definition) is 0. The Morgan fingerprint density at radius 2 is 1.95 bits per heavy atom. The number of aryl methyl sites for hydroxylation is 1. The number of carbonyl (C=O) groups is 1. The zero-order valence-electron chi connectivity index (χ0n) is 10.9. The summed E-state index contributed by atoms with van der Waals surface area (Å²) in [6, 6.07) is 13.1. The van der Waals surface area contributed by atoms with E-state index < -0.39 is 0 Å². The lowest BCUT2D eigenvalue weighted by Gasteiger charge is -2.11. The van der Waals surface area contributed by atoms with Crippen molar-refractivity contribution in [3.8, 4) is 5.75 Å². The van der Waals surface area contributed by atoms with Gasteiger partial charge in [0.25, 0.3) is 0 Å². The van der Waals surface area contributed by atoms with Gasteiger partial charge in [0.1, 0.15) is 12.4 Å². The average molecular weight is 275 g/mol. The van der Waals surface area contributed by atoms with Crippen LogP contribution in [-0.4, -0.2) is 5.78 Å². The number of ketones is 1. The van der Waals surface area contributed by atoms with Crippen LogP contribution < -0.4 is 4.74 Å². The Labute approximate surface area is 118 Å². The van der Waals surface area contributed by atoms with Crippen molar-refractivity contribution in [2.45, 2.75) is 20.5 Å². The van der Waals surface area contributed by atoms with Crippen LogP contribution in [0.25, 0.3) is 0 Å². The number of benzene rings is 2. The van der Waals surface area contributed by atoms with Gasteiger partial charge in [-0.05, 0) is 43.2 Å². The number of rotatable bonds is 4. The molecule has 19 heavy (non-hydrogen) atoms. The van der Waals surface area contributed by atoms with Crippen LogP contribution in [0.15, 0.2) is 42.5 Å². The topological polar surface area (TPSA) is 26.3 Å². The van der Waals surface area contributed by atoms with Gasteiger partial charge in [0.05, 0.1) is 5.56 Å². The SMILES string of the molecule is CC(=O)c1ccc(Cl)cc1OCc1ccccc1C. The van der Waals surface area contributed by atoms with Gasteiger partial charge in [-0.3, -0.25) is 4.79 Å².